The molecule has 0 unspecified atom stereocenters. The zero-order valence-electron chi connectivity index (χ0n) is 22.9. The maximum absolute atomic E-state index is 12.9. The third kappa shape index (κ3) is 12.7. The molecule has 5 N–H and O–H groups in total. The molecule has 0 spiro atoms. The van der Waals surface area contributed by atoms with Crippen LogP contribution in [0, 0.1) is 0 Å². The molecular weight excluding hydrogens is 584 g/mol. The van der Waals surface area contributed by atoms with Crippen molar-refractivity contribution >= 4 is 52.8 Å². The van der Waals surface area contributed by atoms with Crippen molar-refractivity contribution in [3.63, 3.8) is 0 Å². The molecule has 0 saturated carbocycles. The number of fused-ring (bicyclic) bond motifs is 1. The van der Waals surface area contributed by atoms with Crippen molar-refractivity contribution < 1.29 is 44.4 Å². The van der Waals surface area contributed by atoms with Gasteiger partial charge in [-0.25, -0.2) is 19.2 Å². The summed E-state index contributed by atoms with van der Waals surface area (Å²) in [6.07, 6.45) is 2.23. The maximum atomic E-state index is 12.9. The Morgan fingerprint density at radius 3 is 1.86 bits per heavy atom. The molecule has 2 aromatic carbocycles. The number of carboxylic acids is 4. The lowest BCUT2D eigenvalue weighted by molar-refractivity contribution is -0.134. The van der Waals surface area contributed by atoms with E-state index in [9.17, 15) is 24.0 Å². The number of hydrogen-bond donors (Lipinski definition) is 5. The SMILES string of the molecule is O=C(O)/C=C\C(=O)O.O=C(O)/C=C\C(=O)O.O=C1CN=C(c2ccccc2)c2cc(Cl)ccc2N1CCN1CCNCC1. The molecule has 2 aliphatic rings. The summed E-state index contributed by atoms with van der Waals surface area (Å²) in [5, 5.41) is 35.3. The van der Waals surface area contributed by atoms with Gasteiger partial charge in [-0.05, 0) is 18.2 Å². The number of carboxylic acid groups (broad SMARTS) is 4. The van der Waals surface area contributed by atoms with E-state index in [1.165, 1.54) is 0 Å². The molecule has 1 amide bonds. The second kappa shape index (κ2) is 17.9. The summed E-state index contributed by atoms with van der Waals surface area (Å²) in [4.78, 5) is 60.0. The average molecular weight is 615 g/mol. The summed E-state index contributed by atoms with van der Waals surface area (Å²) >= 11 is 6.29. The summed E-state index contributed by atoms with van der Waals surface area (Å²) in [5.41, 5.74) is 3.63. The van der Waals surface area contributed by atoms with Gasteiger partial charge >= 0.3 is 23.9 Å². The first-order valence-electron chi connectivity index (χ1n) is 12.9. The highest BCUT2D eigenvalue weighted by molar-refractivity contribution is 6.32. The van der Waals surface area contributed by atoms with Crippen LogP contribution in [0.1, 0.15) is 11.1 Å². The normalized spacial score (nSPS) is 14.9. The van der Waals surface area contributed by atoms with Gasteiger partial charge < -0.3 is 30.6 Å². The van der Waals surface area contributed by atoms with Crippen LogP contribution < -0.4 is 10.2 Å². The topological polar surface area (TPSA) is 197 Å². The van der Waals surface area contributed by atoms with Crippen molar-refractivity contribution in [2.75, 3.05) is 50.7 Å². The Labute approximate surface area is 252 Å². The Morgan fingerprint density at radius 1 is 0.814 bits per heavy atom. The number of nitrogens with zero attached hydrogens (tertiary/aromatic N) is 3. The number of anilines is 1. The highest BCUT2D eigenvalue weighted by Gasteiger charge is 2.26. The Hall–Kier alpha value is -4.85. The Kier molecular flexibility index (Phi) is 14.3. The summed E-state index contributed by atoms with van der Waals surface area (Å²) in [6, 6.07) is 15.7. The number of aliphatic carboxylic acids is 4. The number of rotatable bonds is 8. The molecule has 228 valence electrons. The van der Waals surface area contributed by atoms with Gasteiger partial charge in [0.15, 0.2) is 0 Å². The van der Waals surface area contributed by atoms with Crippen LogP contribution in [0.15, 0.2) is 77.8 Å². The van der Waals surface area contributed by atoms with Gasteiger partial charge in [0, 0.05) is 79.7 Å². The molecule has 1 fully saturated rings. The van der Waals surface area contributed by atoms with Crippen LogP contribution in [-0.4, -0.2) is 107 Å². The number of nitrogens with one attached hydrogen (secondary N) is 1. The second-order valence-electron chi connectivity index (χ2n) is 8.85. The van der Waals surface area contributed by atoms with E-state index in [1.807, 2.05) is 53.4 Å². The molecule has 43 heavy (non-hydrogen) atoms. The number of aliphatic imine (C=N–C) groups is 1. The molecule has 2 aliphatic heterocycles. The lowest BCUT2D eigenvalue weighted by Crippen LogP contribution is -2.47. The van der Waals surface area contributed by atoms with E-state index in [0.717, 1.165) is 55.2 Å². The van der Waals surface area contributed by atoms with Crippen LogP contribution in [0.4, 0.5) is 5.69 Å². The van der Waals surface area contributed by atoms with Crippen LogP contribution in [0.25, 0.3) is 0 Å². The number of carbonyl (C=O) groups is 5. The number of halogens is 1. The van der Waals surface area contributed by atoms with Crippen molar-refractivity contribution in [3.05, 3.63) is 89.0 Å². The number of amides is 1. The summed E-state index contributed by atoms with van der Waals surface area (Å²) in [7, 11) is 0. The molecule has 0 aliphatic carbocycles. The molecular formula is C29H31ClN4O9. The second-order valence-corrected chi connectivity index (χ2v) is 9.29. The van der Waals surface area contributed by atoms with Gasteiger partial charge in [0.1, 0.15) is 6.54 Å². The fraction of sp³-hybridized carbons (Fsp3) is 0.241. The summed E-state index contributed by atoms with van der Waals surface area (Å²) in [6.45, 7) is 5.70. The smallest absolute Gasteiger partial charge is 0.328 e. The van der Waals surface area contributed by atoms with E-state index in [1.54, 1.807) is 0 Å². The minimum absolute atomic E-state index is 0.0274. The molecule has 2 aromatic rings. The van der Waals surface area contributed by atoms with Crippen molar-refractivity contribution in [3.8, 4) is 0 Å². The molecule has 13 nitrogen and oxygen atoms in total. The van der Waals surface area contributed by atoms with Gasteiger partial charge in [-0.15, -0.1) is 0 Å². The monoisotopic (exact) mass is 614 g/mol. The minimum Gasteiger partial charge on any atom is -0.478 e. The van der Waals surface area contributed by atoms with Gasteiger partial charge in [-0.3, -0.25) is 14.7 Å². The highest BCUT2D eigenvalue weighted by atomic mass is 35.5. The van der Waals surface area contributed by atoms with Gasteiger partial charge in [0.25, 0.3) is 0 Å². The van der Waals surface area contributed by atoms with E-state index in [-0.39, 0.29) is 12.5 Å². The van der Waals surface area contributed by atoms with Gasteiger partial charge in [-0.1, -0.05) is 41.9 Å². The van der Waals surface area contributed by atoms with Crippen molar-refractivity contribution in [1.82, 2.24) is 10.2 Å². The van der Waals surface area contributed by atoms with Gasteiger partial charge in [0.2, 0.25) is 5.91 Å². The molecule has 0 atom stereocenters. The van der Waals surface area contributed by atoms with Crippen LogP contribution in [0.2, 0.25) is 5.02 Å². The van der Waals surface area contributed by atoms with Gasteiger partial charge in [0.05, 0.1) is 11.4 Å². The van der Waals surface area contributed by atoms with Gasteiger partial charge in [-0.2, -0.15) is 0 Å². The van der Waals surface area contributed by atoms with Crippen LogP contribution in [0.3, 0.4) is 0 Å². The zero-order chi connectivity index (χ0) is 31.8. The summed E-state index contributed by atoms with van der Waals surface area (Å²) < 4.78 is 0. The van der Waals surface area contributed by atoms with E-state index >= 15 is 0 Å². The molecule has 0 radical (unpaired) electrons. The lowest BCUT2D eigenvalue weighted by atomic mass is 10.00. The predicted molar refractivity (Wildman–Crippen MR) is 159 cm³/mol. The van der Waals surface area contributed by atoms with E-state index in [4.69, 9.17) is 32.0 Å². The maximum Gasteiger partial charge on any atom is 0.328 e. The predicted octanol–water partition coefficient (Wildman–Crippen LogP) is 1.85. The molecule has 0 aromatic heterocycles. The molecule has 1 saturated heterocycles. The molecule has 4 rings (SSSR count). The van der Waals surface area contributed by atoms with E-state index < -0.39 is 23.9 Å². The third-order valence-corrected chi connectivity index (χ3v) is 6.05. The minimum atomic E-state index is -1.26. The third-order valence-electron chi connectivity index (χ3n) is 5.81. The number of piperazine rings is 1. The molecule has 14 heteroatoms. The largest absolute Gasteiger partial charge is 0.478 e. The first kappa shape index (κ1) is 34.4. The van der Waals surface area contributed by atoms with Crippen molar-refractivity contribution in [1.29, 1.82) is 0 Å². The average Bonchev–Trinajstić information content (AvgIpc) is 3.11. The lowest BCUT2D eigenvalue weighted by Gasteiger charge is -2.30. The van der Waals surface area contributed by atoms with Crippen LogP contribution in [-0.2, 0) is 24.0 Å². The quantitative estimate of drug-likeness (QED) is 0.272. The van der Waals surface area contributed by atoms with Crippen LogP contribution >= 0.6 is 11.6 Å². The Morgan fingerprint density at radius 2 is 1.35 bits per heavy atom. The van der Waals surface area contributed by atoms with E-state index in [0.29, 0.717) is 35.9 Å². The Balaban J connectivity index is 0.000000334. The fourth-order valence-electron chi connectivity index (χ4n) is 3.93. The fourth-order valence-corrected chi connectivity index (χ4v) is 4.11. The first-order chi connectivity index (χ1) is 20.5. The number of benzodiazepines with no additional fused rings is 1. The zero-order valence-corrected chi connectivity index (χ0v) is 23.7. The Bertz CT molecular complexity index is 1320. The highest BCUT2D eigenvalue weighted by Crippen LogP contribution is 2.29. The molecule has 0 bridgehead atoms. The number of hydrogen-bond acceptors (Lipinski definition) is 8. The first-order valence-corrected chi connectivity index (χ1v) is 13.3. The number of benzene rings is 2. The van der Waals surface area contributed by atoms with Crippen molar-refractivity contribution in [2.24, 2.45) is 4.99 Å². The van der Waals surface area contributed by atoms with Crippen molar-refractivity contribution in [2.45, 2.75) is 0 Å². The van der Waals surface area contributed by atoms with Crippen LogP contribution in [0.5, 0.6) is 0 Å². The number of carbonyl (C=O) groups excluding carboxylic acids is 1. The van der Waals surface area contributed by atoms with E-state index in [2.05, 4.69) is 15.2 Å². The standard InChI is InChI=1S/C21H23ClN4O.2C4H4O4/c22-17-6-7-19-18(14-17)21(16-4-2-1-3-5-16)24-15-20(27)26(19)13-12-25-10-8-23-9-11-25;2*5-3(6)1-2-4(7)8/h1-7,14,23H,8-13,15H2;2*1-2H,(H,5,6)(H,7,8)/b;2*2-1-. The molecule has 2 heterocycles. The summed E-state index contributed by atoms with van der Waals surface area (Å²) in [5.74, 6) is -5.00.